The molecular weight excluding hydrogens is 316 g/mol. The molecule has 0 aliphatic heterocycles. The van der Waals surface area contributed by atoms with Crippen LogP contribution in [0.1, 0.15) is 11.1 Å². The van der Waals surface area contributed by atoms with Gasteiger partial charge in [0.05, 0.1) is 11.8 Å². The van der Waals surface area contributed by atoms with Crippen molar-refractivity contribution < 1.29 is 14.3 Å². The standard InChI is InChI=1S/C18H13ClO4/c1-10-6-12(8-17(21)22)18-14(7-10)15(20)9-16(23-18)11-2-4-13(19)5-3-11/h2-7,9H,8H2,1H3,(H,21,22). The highest BCUT2D eigenvalue weighted by Gasteiger charge is 2.13. The number of rotatable bonds is 3. The van der Waals surface area contributed by atoms with Crippen molar-refractivity contribution in [3.8, 4) is 11.3 Å². The number of aryl methyl sites for hydroxylation is 1. The highest BCUT2D eigenvalue weighted by atomic mass is 35.5. The molecule has 3 rings (SSSR count). The lowest BCUT2D eigenvalue weighted by molar-refractivity contribution is -0.136. The maximum absolute atomic E-state index is 12.4. The Bertz CT molecular complexity index is 955. The van der Waals surface area contributed by atoms with E-state index in [1.165, 1.54) is 6.07 Å². The van der Waals surface area contributed by atoms with Crippen LogP contribution in [-0.4, -0.2) is 11.1 Å². The van der Waals surface area contributed by atoms with E-state index in [1.807, 2.05) is 6.92 Å². The van der Waals surface area contributed by atoms with Gasteiger partial charge in [-0.3, -0.25) is 9.59 Å². The zero-order valence-electron chi connectivity index (χ0n) is 12.3. The second-order valence-electron chi connectivity index (χ2n) is 5.35. The van der Waals surface area contributed by atoms with E-state index in [0.717, 1.165) is 5.56 Å². The summed E-state index contributed by atoms with van der Waals surface area (Å²) in [6.07, 6.45) is -0.203. The van der Waals surface area contributed by atoms with Crippen molar-refractivity contribution in [1.82, 2.24) is 0 Å². The Balaban J connectivity index is 2.27. The molecule has 0 unspecified atom stereocenters. The molecule has 3 aromatic rings. The number of fused-ring (bicyclic) bond motifs is 1. The summed E-state index contributed by atoms with van der Waals surface area (Å²) in [6.45, 7) is 1.82. The van der Waals surface area contributed by atoms with E-state index in [1.54, 1.807) is 36.4 Å². The van der Waals surface area contributed by atoms with Gasteiger partial charge in [0.2, 0.25) is 0 Å². The summed E-state index contributed by atoms with van der Waals surface area (Å²) in [5.41, 5.74) is 2.12. The van der Waals surface area contributed by atoms with Crippen molar-refractivity contribution >= 4 is 28.5 Å². The van der Waals surface area contributed by atoms with Gasteiger partial charge in [-0.1, -0.05) is 17.7 Å². The molecule has 0 radical (unpaired) electrons. The van der Waals surface area contributed by atoms with E-state index in [2.05, 4.69) is 0 Å². The first-order valence-corrected chi connectivity index (χ1v) is 7.37. The maximum Gasteiger partial charge on any atom is 0.307 e. The van der Waals surface area contributed by atoms with Crippen LogP contribution in [0.15, 0.2) is 51.7 Å². The van der Waals surface area contributed by atoms with Crippen LogP contribution in [0, 0.1) is 6.92 Å². The number of halogens is 1. The Morgan fingerprint density at radius 1 is 1.17 bits per heavy atom. The Morgan fingerprint density at radius 2 is 1.87 bits per heavy atom. The van der Waals surface area contributed by atoms with Crippen molar-refractivity contribution in [3.05, 3.63) is 68.8 Å². The summed E-state index contributed by atoms with van der Waals surface area (Å²) in [4.78, 5) is 23.5. The van der Waals surface area contributed by atoms with Gasteiger partial charge in [-0.05, 0) is 42.8 Å². The number of carboxylic acid groups (broad SMARTS) is 1. The van der Waals surface area contributed by atoms with Crippen LogP contribution < -0.4 is 5.43 Å². The van der Waals surface area contributed by atoms with Crippen molar-refractivity contribution in [2.24, 2.45) is 0 Å². The molecule has 0 aliphatic carbocycles. The van der Waals surface area contributed by atoms with Gasteiger partial charge in [-0.2, -0.15) is 0 Å². The molecule has 0 saturated heterocycles. The highest BCUT2D eigenvalue weighted by molar-refractivity contribution is 6.30. The van der Waals surface area contributed by atoms with Crippen molar-refractivity contribution in [3.63, 3.8) is 0 Å². The van der Waals surface area contributed by atoms with E-state index in [0.29, 0.717) is 32.9 Å². The minimum atomic E-state index is -0.976. The first kappa shape index (κ1) is 15.3. The van der Waals surface area contributed by atoms with Crippen LogP contribution in [-0.2, 0) is 11.2 Å². The van der Waals surface area contributed by atoms with Crippen molar-refractivity contribution in [1.29, 1.82) is 0 Å². The van der Waals surface area contributed by atoms with E-state index in [9.17, 15) is 9.59 Å². The first-order valence-electron chi connectivity index (χ1n) is 6.99. The molecule has 1 N–H and O–H groups in total. The maximum atomic E-state index is 12.4. The van der Waals surface area contributed by atoms with Gasteiger partial charge < -0.3 is 9.52 Å². The third-order valence-electron chi connectivity index (χ3n) is 3.52. The molecule has 0 spiro atoms. The monoisotopic (exact) mass is 328 g/mol. The normalized spacial score (nSPS) is 10.9. The smallest absolute Gasteiger partial charge is 0.307 e. The largest absolute Gasteiger partial charge is 0.481 e. The fourth-order valence-electron chi connectivity index (χ4n) is 2.54. The predicted molar refractivity (Wildman–Crippen MR) is 89.0 cm³/mol. The van der Waals surface area contributed by atoms with Crippen LogP contribution in [0.25, 0.3) is 22.3 Å². The number of carboxylic acids is 1. The minimum absolute atomic E-state index is 0.202. The summed E-state index contributed by atoms with van der Waals surface area (Å²) in [5.74, 6) is -0.592. The fourth-order valence-corrected chi connectivity index (χ4v) is 2.66. The van der Waals surface area contributed by atoms with Crippen LogP contribution in [0.2, 0.25) is 5.02 Å². The lowest BCUT2D eigenvalue weighted by Gasteiger charge is -2.08. The quantitative estimate of drug-likeness (QED) is 0.787. The lowest BCUT2D eigenvalue weighted by atomic mass is 10.0. The van der Waals surface area contributed by atoms with Crippen molar-refractivity contribution in [2.45, 2.75) is 13.3 Å². The van der Waals surface area contributed by atoms with Gasteiger partial charge in [0.1, 0.15) is 11.3 Å². The number of hydrogen-bond acceptors (Lipinski definition) is 3. The number of aliphatic carboxylic acids is 1. The Labute approximate surface area is 136 Å². The fraction of sp³-hybridized carbons (Fsp3) is 0.111. The van der Waals surface area contributed by atoms with Gasteiger partial charge in [0.15, 0.2) is 5.43 Å². The Kier molecular flexibility index (Phi) is 3.92. The zero-order chi connectivity index (χ0) is 16.6. The second kappa shape index (κ2) is 5.89. The minimum Gasteiger partial charge on any atom is -0.481 e. The van der Waals surface area contributed by atoms with Gasteiger partial charge in [0, 0.05) is 22.2 Å². The Morgan fingerprint density at radius 3 is 2.52 bits per heavy atom. The summed E-state index contributed by atoms with van der Waals surface area (Å²) in [7, 11) is 0. The van der Waals surface area contributed by atoms with Gasteiger partial charge in [0.25, 0.3) is 0 Å². The second-order valence-corrected chi connectivity index (χ2v) is 5.79. The average molecular weight is 329 g/mol. The molecular formula is C18H13ClO4. The SMILES string of the molecule is Cc1cc(CC(=O)O)c2oc(-c3ccc(Cl)cc3)cc(=O)c2c1. The van der Waals surface area contributed by atoms with E-state index in [-0.39, 0.29) is 11.8 Å². The molecule has 0 fully saturated rings. The average Bonchev–Trinajstić information content (AvgIpc) is 2.48. The molecule has 116 valence electrons. The molecule has 4 nitrogen and oxygen atoms in total. The first-order chi connectivity index (χ1) is 10.9. The molecule has 2 aromatic carbocycles. The molecule has 0 atom stereocenters. The third kappa shape index (κ3) is 3.12. The molecule has 5 heteroatoms. The predicted octanol–water partition coefficient (Wildman–Crippen LogP) is 4.05. The summed E-state index contributed by atoms with van der Waals surface area (Å²) in [5, 5.41) is 10.0. The topological polar surface area (TPSA) is 67.5 Å². The number of hydrogen-bond donors (Lipinski definition) is 1. The van der Waals surface area contributed by atoms with Crippen LogP contribution in [0.4, 0.5) is 0 Å². The molecule has 0 aliphatic rings. The molecule has 1 aromatic heterocycles. The molecule has 1 heterocycles. The zero-order valence-corrected chi connectivity index (χ0v) is 13.1. The summed E-state index contributed by atoms with van der Waals surface area (Å²) < 4.78 is 5.85. The van der Waals surface area contributed by atoms with Gasteiger partial charge in [-0.25, -0.2) is 0 Å². The van der Waals surface area contributed by atoms with Gasteiger partial charge in [-0.15, -0.1) is 0 Å². The van der Waals surface area contributed by atoms with Crippen LogP contribution in [0.3, 0.4) is 0 Å². The molecule has 0 amide bonds. The molecule has 23 heavy (non-hydrogen) atoms. The molecule has 0 bridgehead atoms. The Hall–Kier alpha value is -2.59. The van der Waals surface area contributed by atoms with Gasteiger partial charge >= 0.3 is 5.97 Å². The number of benzene rings is 2. The molecule has 0 saturated carbocycles. The third-order valence-corrected chi connectivity index (χ3v) is 3.77. The van der Waals surface area contributed by atoms with Crippen molar-refractivity contribution in [2.75, 3.05) is 0 Å². The van der Waals surface area contributed by atoms with E-state index in [4.69, 9.17) is 21.1 Å². The van der Waals surface area contributed by atoms with E-state index < -0.39 is 5.97 Å². The van der Waals surface area contributed by atoms with E-state index >= 15 is 0 Å². The van der Waals surface area contributed by atoms with Crippen LogP contribution >= 0.6 is 11.6 Å². The summed E-state index contributed by atoms with van der Waals surface area (Å²) in [6, 6.07) is 11.7. The summed E-state index contributed by atoms with van der Waals surface area (Å²) >= 11 is 5.87. The highest BCUT2D eigenvalue weighted by Crippen LogP contribution is 2.26. The lowest BCUT2D eigenvalue weighted by Crippen LogP contribution is -2.06. The van der Waals surface area contributed by atoms with Crippen LogP contribution in [0.5, 0.6) is 0 Å². The number of carbonyl (C=O) groups is 1.